The molecule has 130 valence electrons. The van der Waals surface area contributed by atoms with E-state index >= 15 is 0 Å². The molecule has 0 unspecified atom stereocenters. The maximum atomic E-state index is 13.2. The summed E-state index contributed by atoms with van der Waals surface area (Å²) in [7, 11) is 0. The molecule has 0 N–H and O–H groups in total. The fraction of sp³-hybridized carbons (Fsp3) is 0.0455. The summed E-state index contributed by atoms with van der Waals surface area (Å²) in [6, 6.07) is 23.9. The number of nitriles is 1. The summed E-state index contributed by atoms with van der Waals surface area (Å²) in [6.45, 7) is 0. The van der Waals surface area contributed by atoms with Gasteiger partial charge in [0.15, 0.2) is 0 Å². The summed E-state index contributed by atoms with van der Waals surface area (Å²) in [5.74, 6) is 0.464. The number of hydrogen-bond acceptors (Lipinski definition) is 4. The molecule has 5 heteroatoms. The van der Waals surface area contributed by atoms with Crippen LogP contribution in [0.5, 0.6) is 0 Å². The van der Waals surface area contributed by atoms with Gasteiger partial charge < -0.3 is 0 Å². The van der Waals surface area contributed by atoms with E-state index in [-0.39, 0.29) is 5.82 Å². The maximum Gasteiger partial charge on any atom is 0.127 e. The Morgan fingerprint density at radius 2 is 1.56 bits per heavy atom. The van der Waals surface area contributed by atoms with Crippen LogP contribution in [0.3, 0.4) is 0 Å². The van der Waals surface area contributed by atoms with Crippen molar-refractivity contribution < 1.29 is 4.39 Å². The predicted molar refractivity (Wildman–Crippen MR) is 106 cm³/mol. The number of rotatable bonds is 4. The minimum absolute atomic E-state index is 0.273. The maximum absolute atomic E-state index is 13.2. The van der Waals surface area contributed by atoms with E-state index in [4.69, 9.17) is 5.26 Å². The topological polar surface area (TPSA) is 49.6 Å². The Morgan fingerprint density at radius 1 is 0.852 bits per heavy atom. The first-order chi connectivity index (χ1) is 13.2. The number of nitrogens with zero attached hydrogens (tertiary/aromatic N) is 3. The zero-order valence-corrected chi connectivity index (χ0v) is 15.1. The van der Waals surface area contributed by atoms with Gasteiger partial charge >= 0.3 is 0 Å². The Kier molecular flexibility index (Phi) is 4.82. The molecule has 3 aromatic carbocycles. The van der Waals surface area contributed by atoms with Gasteiger partial charge in [0.2, 0.25) is 0 Å². The first kappa shape index (κ1) is 17.2. The number of halogens is 1. The highest BCUT2D eigenvalue weighted by Crippen LogP contribution is 2.33. The van der Waals surface area contributed by atoms with E-state index in [1.165, 1.54) is 12.1 Å². The molecule has 0 aliphatic heterocycles. The Bertz CT molecular complexity index is 1130. The Labute approximate surface area is 160 Å². The van der Waals surface area contributed by atoms with Gasteiger partial charge in [-0.25, -0.2) is 4.39 Å². The largest absolute Gasteiger partial charge is 0.207 e. The van der Waals surface area contributed by atoms with E-state index in [0.717, 1.165) is 38.4 Å². The lowest BCUT2D eigenvalue weighted by molar-refractivity contribution is 0.628. The summed E-state index contributed by atoms with van der Waals surface area (Å²) in [4.78, 5) is 0. The molecular weight excluding hydrogens is 357 g/mol. The minimum Gasteiger partial charge on any atom is -0.207 e. The van der Waals surface area contributed by atoms with Crippen molar-refractivity contribution in [2.75, 3.05) is 0 Å². The van der Waals surface area contributed by atoms with E-state index in [1.807, 2.05) is 48.5 Å². The van der Waals surface area contributed by atoms with Crippen molar-refractivity contribution in [2.45, 2.75) is 10.8 Å². The van der Waals surface area contributed by atoms with Gasteiger partial charge in [-0.3, -0.25) is 0 Å². The second-order valence-corrected chi connectivity index (χ2v) is 6.97. The molecule has 0 saturated heterocycles. The molecule has 0 radical (unpaired) electrons. The highest BCUT2D eigenvalue weighted by Gasteiger charge is 2.11. The van der Waals surface area contributed by atoms with Crippen LogP contribution in [-0.4, -0.2) is 10.2 Å². The predicted octanol–water partition coefficient (Wildman–Crippen LogP) is 5.60. The fourth-order valence-corrected chi connectivity index (χ4v) is 3.76. The van der Waals surface area contributed by atoms with Crippen LogP contribution in [0.2, 0.25) is 0 Å². The van der Waals surface area contributed by atoms with Crippen molar-refractivity contribution in [3.05, 3.63) is 89.7 Å². The SMILES string of the molecule is N#Cc1ccc(CSc2nnc(-c3ccc(F)cc3)c3ccccc23)cc1. The second-order valence-electron chi connectivity index (χ2n) is 6.00. The normalized spacial score (nSPS) is 10.7. The quantitative estimate of drug-likeness (QED) is 0.438. The van der Waals surface area contributed by atoms with Crippen molar-refractivity contribution in [3.63, 3.8) is 0 Å². The first-order valence-corrected chi connectivity index (χ1v) is 9.36. The zero-order valence-electron chi connectivity index (χ0n) is 14.3. The molecule has 0 atom stereocenters. The molecule has 4 aromatic rings. The van der Waals surface area contributed by atoms with Crippen molar-refractivity contribution in [1.29, 1.82) is 5.26 Å². The number of hydrogen-bond donors (Lipinski definition) is 0. The summed E-state index contributed by atoms with van der Waals surface area (Å²) >= 11 is 1.61. The van der Waals surface area contributed by atoms with Crippen LogP contribution >= 0.6 is 11.8 Å². The molecule has 0 amide bonds. The van der Waals surface area contributed by atoms with Crippen molar-refractivity contribution >= 4 is 22.5 Å². The van der Waals surface area contributed by atoms with Crippen LogP contribution in [0.4, 0.5) is 4.39 Å². The first-order valence-electron chi connectivity index (χ1n) is 8.38. The fourth-order valence-electron chi connectivity index (χ4n) is 2.83. The summed E-state index contributed by atoms with van der Waals surface area (Å²) in [5, 5.41) is 20.6. The van der Waals surface area contributed by atoms with E-state index in [2.05, 4.69) is 16.3 Å². The monoisotopic (exact) mass is 371 g/mol. The van der Waals surface area contributed by atoms with Crippen molar-refractivity contribution in [2.24, 2.45) is 0 Å². The van der Waals surface area contributed by atoms with E-state index < -0.39 is 0 Å². The van der Waals surface area contributed by atoms with Gasteiger partial charge in [-0.05, 0) is 42.0 Å². The van der Waals surface area contributed by atoms with Gasteiger partial charge in [0, 0.05) is 22.1 Å². The molecule has 27 heavy (non-hydrogen) atoms. The Hall–Kier alpha value is -3.23. The summed E-state index contributed by atoms with van der Waals surface area (Å²) in [6.07, 6.45) is 0. The van der Waals surface area contributed by atoms with Crippen LogP contribution in [0.25, 0.3) is 22.0 Å². The molecule has 0 aliphatic rings. The third kappa shape index (κ3) is 3.67. The second kappa shape index (κ2) is 7.56. The molecular formula is C22H14FN3S. The average Bonchev–Trinajstić information content (AvgIpc) is 2.73. The molecule has 0 spiro atoms. The molecule has 1 heterocycles. The molecule has 0 saturated carbocycles. The van der Waals surface area contributed by atoms with Crippen LogP contribution in [-0.2, 0) is 5.75 Å². The van der Waals surface area contributed by atoms with Crippen LogP contribution < -0.4 is 0 Å². The molecule has 0 aliphatic carbocycles. The third-order valence-electron chi connectivity index (χ3n) is 4.23. The van der Waals surface area contributed by atoms with Gasteiger partial charge in [-0.2, -0.15) is 5.26 Å². The van der Waals surface area contributed by atoms with Gasteiger partial charge in [0.25, 0.3) is 0 Å². The average molecular weight is 371 g/mol. The zero-order chi connectivity index (χ0) is 18.6. The van der Waals surface area contributed by atoms with Crippen LogP contribution in [0, 0.1) is 17.1 Å². The van der Waals surface area contributed by atoms with Gasteiger partial charge in [-0.1, -0.05) is 48.2 Å². The molecule has 4 rings (SSSR count). The van der Waals surface area contributed by atoms with E-state index in [1.54, 1.807) is 23.9 Å². The lowest BCUT2D eigenvalue weighted by atomic mass is 10.1. The number of benzene rings is 3. The van der Waals surface area contributed by atoms with Crippen molar-refractivity contribution in [3.8, 4) is 17.3 Å². The molecule has 0 bridgehead atoms. The summed E-state index contributed by atoms with van der Waals surface area (Å²) < 4.78 is 13.2. The van der Waals surface area contributed by atoms with Gasteiger partial charge in [0.05, 0.1) is 11.6 Å². The number of thioether (sulfide) groups is 1. The molecule has 3 nitrogen and oxygen atoms in total. The standard InChI is InChI=1S/C22H14FN3S/c23-18-11-9-17(10-12-18)21-19-3-1-2-4-20(19)22(26-25-21)27-14-16-7-5-15(13-24)6-8-16/h1-12H,14H2. The van der Waals surface area contributed by atoms with Gasteiger partial charge in [0.1, 0.15) is 16.5 Å². The highest BCUT2D eigenvalue weighted by molar-refractivity contribution is 7.98. The lowest BCUT2D eigenvalue weighted by Gasteiger charge is -2.09. The lowest BCUT2D eigenvalue weighted by Crippen LogP contribution is -1.94. The Balaban J connectivity index is 1.67. The van der Waals surface area contributed by atoms with E-state index in [9.17, 15) is 4.39 Å². The smallest absolute Gasteiger partial charge is 0.127 e. The molecule has 0 fully saturated rings. The summed E-state index contributed by atoms with van der Waals surface area (Å²) in [5.41, 5.74) is 3.35. The Morgan fingerprint density at radius 3 is 2.26 bits per heavy atom. The van der Waals surface area contributed by atoms with E-state index in [0.29, 0.717) is 5.56 Å². The third-order valence-corrected chi connectivity index (χ3v) is 5.28. The van der Waals surface area contributed by atoms with Gasteiger partial charge in [-0.15, -0.1) is 10.2 Å². The number of fused-ring (bicyclic) bond motifs is 1. The van der Waals surface area contributed by atoms with Crippen LogP contribution in [0.15, 0.2) is 77.8 Å². The number of aromatic nitrogens is 2. The van der Waals surface area contributed by atoms with Crippen molar-refractivity contribution in [1.82, 2.24) is 10.2 Å². The minimum atomic E-state index is -0.273. The highest BCUT2D eigenvalue weighted by atomic mass is 32.2. The molecule has 1 aromatic heterocycles. The van der Waals surface area contributed by atoms with Crippen LogP contribution in [0.1, 0.15) is 11.1 Å².